The fourth-order valence-electron chi connectivity index (χ4n) is 2.07. The maximum Gasteiger partial charge on any atom is 0.142 e. The van der Waals surface area contributed by atoms with Crippen molar-refractivity contribution in [2.45, 2.75) is 6.92 Å². The number of nitrogens with one attached hydrogen (secondary N) is 2. The number of nitrogen functional groups attached to an aromatic ring is 1. The van der Waals surface area contributed by atoms with E-state index in [0.717, 1.165) is 28.1 Å². The Bertz CT molecular complexity index is 754. The second-order valence-corrected chi connectivity index (χ2v) is 4.51. The maximum atomic E-state index is 5.37. The molecule has 0 unspecified atom stereocenters. The fourth-order valence-corrected chi connectivity index (χ4v) is 2.07. The number of nitrogens with two attached hydrogens (primary N) is 1. The first kappa shape index (κ1) is 12.4. The second-order valence-electron chi connectivity index (χ2n) is 4.51. The van der Waals surface area contributed by atoms with Crippen molar-refractivity contribution in [3.63, 3.8) is 0 Å². The van der Waals surface area contributed by atoms with Gasteiger partial charge < -0.3 is 10.7 Å². The van der Waals surface area contributed by atoms with Crippen LogP contribution in [0.2, 0.25) is 0 Å². The van der Waals surface area contributed by atoms with Gasteiger partial charge in [0.05, 0.1) is 11.2 Å². The summed E-state index contributed by atoms with van der Waals surface area (Å²) in [5.74, 6) is 6.70. The molecule has 0 radical (unpaired) electrons. The van der Waals surface area contributed by atoms with Crippen LogP contribution < -0.4 is 16.6 Å². The molecule has 0 aliphatic heterocycles. The van der Waals surface area contributed by atoms with E-state index in [1.807, 2.05) is 43.3 Å². The van der Waals surface area contributed by atoms with Gasteiger partial charge in [-0.3, -0.25) is 4.98 Å². The van der Waals surface area contributed by atoms with E-state index >= 15 is 0 Å². The number of anilines is 3. The van der Waals surface area contributed by atoms with Crippen LogP contribution in [0, 0.1) is 6.92 Å². The van der Waals surface area contributed by atoms with E-state index < -0.39 is 0 Å². The summed E-state index contributed by atoms with van der Waals surface area (Å²) >= 11 is 0. The molecule has 4 N–H and O–H groups in total. The minimum Gasteiger partial charge on any atom is -0.338 e. The van der Waals surface area contributed by atoms with Crippen LogP contribution in [0.25, 0.3) is 10.9 Å². The molecule has 0 bridgehead atoms. The molecule has 1 aromatic carbocycles. The summed E-state index contributed by atoms with van der Waals surface area (Å²) in [5, 5.41) is 4.37. The molecule has 3 rings (SSSR count). The van der Waals surface area contributed by atoms with Crippen molar-refractivity contribution in [1.82, 2.24) is 9.97 Å². The molecule has 0 saturated heterocycles. The molecular formula is C15H15N5. The predicted octanol–water partition coefficient (Wildman–Crippen LogP) is 2.97. The number of hydrazine groups is 1. The molecule has 0 aliphatic rings. The number of aromatic nitrogens is 2. The van der Waals surface area contributed by atoms with E-state index in [-0.39, 0.29) is 0 Å². The Balaban J connectivity index is 2.03. The summed E-state index contributed by atoms with van der Waals surface area (Å²) in [6.07, 6.45) is 0. The lowest BCUT2D eigenvalue weighted by atomic mass is 10.1. The highest BCUT2D eigenvalue weighted by Gasteiger charge is 2.04. The quantitative estimate of drug-likeness (QED) is 0.501. The molecular weight excluding hydrogens is 250 g/mol. The first-order valence-corrected chi connectivity index (χ1v) is 6.33. The van der Waals surface area contributed by atoms with Crippen molar-refractivity contribution >= 4 is 28.2 Å². The lowest BCUT2D eigenvalue weighted by molar-refractivity contribution is 1.22. The number of fused-ring (bicyclic) bond motifs is 1. The molecule has 0 atom stereocenters. The number of aryl methyl sites for hydroxylation is 1. The van der Waals surface area contributed by atoms with Gasteiger partial charge in [-0.15, -0.1) is 0 Å². The minimum atomic E-state index is 0.611. The smallest absolute Gasteiger partial charge is 0.142 e. The van der Waals surface area contributed by atoms with Crippen molar-refractivity contribution in [3.05, 3.63) is 54.2 Å². The summed E-state index contributed by atoms with van der Waals surface area (Å²) in [6.45, 7) is 1.98. The predicted molar refractivity (Wildman–Crippen MR) is 81.8 cm³/mol. The summed E-state index contributed by atoms with van der Waals surface area (Å²) < 4.78 is 0. The van der Waals surface area contributed by atoms with Crippen LogP contribution in [0.3, 0.4) is 0 Å². The van der Waals surface area contributed by atoms with Gasteiger partial charge in [-0.2, -0.15) is 0 Å². The zero-order valence-corrected chi connectivity index (χ0v) is 11.1. The normalized spacial score (nSPS) is 10.5. The molecule has 2 aromatic heterocycles. The van der Waals surface area contributed by atoms with E-state index in [9.17, 15) is 0 Å². The van der Waals surface area contributed by atoms with E-state index in [4.69, 9.17) is 5.84 Å². The van der Waals surface area contributed by atoms with Gasteiger partial charge in [-0.1, -0.05) is 24.3 Å². The highest BCUT2D eigenvalue weighted by atomic mass is 15.3. The molecule has 0 fully saturated rings. The molecule has 0 spiro atoms. The van der Waals surface area contributed by atoms with Crippen LogP contribution >= 0.6 is 0 Å². The van der Waals surface area contributed by atoms with Crippen molar-refractivity contribution in [2.75, 3.05) is 10.7 Å². The molecule has 0 amide bonds. The van der Waals surface area contributed by atoms with Crippen molar-refractivity contribution in [1.29, 1.82) is 0 Å². The SMILES string of the molecule is Cc1ccc2cccc(Nc3cccc(NN)n3)c2n1. The van der Waals surface area contributed by atoms with Crippen molar-refractivity contribution < 1.29 is 0 Å². The third kappa shape index (κ3) is 2.39. The van der Waals surface area contributed by atoms with Crippen LogP contribution in [0.4, 0.5) is 17.3 Å². The average Bonchev–Trinajstić information content (AvgIpc) is 2.48. The van der Waals surface area contributed by atoms with Crippen molar-refractivity contribution in [2.24, 2.45) is 5.84 Å². The molecule has 3 aromatic rings. The Morgan fingerprint density at radius 3 is 2.55 bits per heavy atom. The molecule has 100 valence electrons. The number of rotatable bonds is 3. The number of para-hydroxylation sites is 1. The average molecular weight is 265 g/mol. The Morgan fingerprint density at radius 1 is 0.900 bits per heavy atom. The van der Waals surface area contributed by atoms with Gasteiger partial charge in [-0.05, 0) is 31.2 Å². The lowest BCUT2D eigenvalue weighted by Gasteiger charge is -2.10. The first-order chi connectivity index (χ1) is 9.76. The van der Waals surface area contributed by atoms with Crippen LogP contribution in [0.15, 0.2) is 48.5 Å². The second kappa shape index (κ2) is 5.14. The Morgan fingerprint density at radius 2 is 1.70 bits per heavy atom. The molecule has 0 saturated carbocycles. The third-order valence-electron chi connectivity index (χ3n) is 3.02. The van der Waals surface area contributed by atoms with Crippen LogP contribution in [-0.2, 0) is 0 Å². The molecule has 20 heavy (non-hydrogen) atoms. The summed E-state index contributed by atoms with van der Waals surface area (Å²) in [5.41, 5.74) is 5.37. The number of pyridine rings is 2. The molecule has 5 nitrogen and oxygen atoms in total. The summed E-state index contributed by atoms with van der Waals surface area (Å²) in [4.78, 5) is 8.92. The number of nitrogens with zero attached hydrogens (tertiary/aromatic N) is 2. The Kier molecular flexibility index (Phi) is 3.18. The highest BCUT2D eigenvalue weighted by Crippen LogP contribution is 2.24. The highest BCUT2D eigenvalue weighted by molar-refractivity contribution is 5.91. The Hall–Kier alpha value is -2.66. The minimum absolute atomic E-state index is 0.611. The van der Waals surface area contributed by atoms with Gasteiger partial charge in [0, 0.05) is 11.1 Å². The summed E-state index contributed by atoms with van der Waals surface area (Å²) in [6, 6.07) is 15.7. The van der Waals surface area contributed by atoms with Crippen LogP contribution in [0.5, 0.6) is 0 Å². The maximum absolute atomic E-state index is 5.37. The Labute approximate surface area is 116 Å². The zero-order valence-electron chi connectivity index (χ0n) is 11.1. The fraction of sp³-hybridized carbons (Fsp3) is 0.0667. The molecule has 2 heterocycles. The monoisotopic (exact) mass is 265 g/mol. The van der Waals surface area contributed by atoms with Gasteiger partial charge in [-0.25, -0.2) is 10.8 Å². The third-order valence-corrected chi connectivity index (χ3v) is 3.02. The zero-order chi connectivity index (χ0) is 13.9. The van der Waals surface area contributed by atoms with Gasteiger partial charge in [0.15, 0.2) is 0 Å². The van der Waals surface area contributed by atoms with E-state index in [1.54, 1.807) is 6.07 Å². The van der Waals surface area contributed by atoms with Crippen molar-refractivity contribution in [3.8, 4) is 0 Å². The van der Waals surface area contributed by atoms with Crippen LogP contribution in [-0.4, -0.2) is 9.97 Å². The van der Waals surface area contributed by atoms with E-state index in [1.165, 1.54) is 0 Å². The molecule has 0 aliphatic carbocycles. The first-order valence-electron chi connectivity index (χ1n) is 6.33. The number of hydrogen-bond acceptors (Lipinski definition) is 5. The lowest BCUT2D eigenvalue weighted by Crippen LogP contribution is -2.09. The summed E-state index contributed by atoms with van der Waals surface area (Å²) in [7, 11) is 0. The topological polar surface area (TPSA) is 75.9 Å². The van der Waals surface area contributed by atoms with Crippen LogP contribution in [0.1, 0.15) is 5.69 Å². The number of benzene rings is 1. The van der Waals surface area contributed by atoms with E-state index in [2.05, 4.69) is 26.8 Å². The van der Waals surface area contributed by atoms with E-state index in [0.29, 0.717) is 5.82 Å². The largest absolute Gasteiger partial charge is 0.338 e. The number of hydrogen-bond donors (Lipinski definition) is 3. The van der Waals surface area contributed by atoms with Gasteiger partial charge in [0.2, 0.25) is 0 Å². The van der Waals surface area contributed by atoms with Gasteiger partial charge >= 0.3 is 0 Å². The van der Waals surface area contributed by atoms with Gasteiger partial charge in [0.1, 0.15) is 11.6 Å². The standard InChI is InChI=1S/C15H15N5/c1-10-8-9-11-4-2-5-12(15(11)17-10)18-13-6-3-7-14(19-13)20-16/h2-9H,16H2,1H3,(H2,18,19,20). The molecule has 5 heteroatoms. The van der Waals surface area contributed by atoms with Gasteiger partial charge in [0.25, 0.3) is 0 Å².